The molecule has 164 valence electrons. The van der Waals surface area contributed by atoms with Gasteiger partial charge in [0.25, 0.3) is 5.56 Å². The Morgan fingerprint density at radius 1 is 1.09 bits per heavy atom. The van der Waals surface area contributed by atoms with E-state index in [-0.39, 0.29) is 17.2 Å². The first-order chi connectivity index (χ1) is 15.5. The molecule has 32 heavy (non-hydrogen) atoms. The number of carbonyl (C=O) groups excluding carboxylic acids is 1. The van der Waals surface area contributed by atoms with Crippen molar-refractivity contribution in [1.82, 2.24) is 19.6 Å². The van der Waals surface area contributed by atoms with Gasteiger partial charge in [-0.2, -0.15) is 0 Å². The largest absolute Gasteiger partial charge is 0.497 e. The molecule has 9 nitrogen and oxygen atoms in total. The number of methoxy groups -OCH3 is 2. The van der Waals surface area contributed by atoms with Crippen LogP contribution in [0.3, 0.4) is 0 Å². The summed E-state index contributed by atoms with van der Waals surface area (Å²) in [6.07, 6.45) is 0. The fourth-order valence-corrected chi connectivity index (χ4v) is 3.88. The van der Waals surface area contributed by atoms with Gasteiger partial charge >= 0.3 is 0 Å². The molecule has 0 aliphatic rings. The third kappa shape index (κ3) is 4.59. The Hall–Kier alpha value is -3.79. The zero-order chi connectivity index (χ0) is 22.7. The summed E-state index contributed by atoms with van der Waals surface area (Å²) in [5.41, 5.74) is 2.56. The van der Waals surface area contributed by atoms with Crippen molar-refractivity contribution in [2.75, 3.05) is 25.3 Å². The number of nitrogens with one attached hydrogen (secondary N) is 2. The number of hydrogen-bond donors (Lipinski definition) is 2. The fraction of sp³-hybridized carbons (Fsp3) is 0.182. The van der Waals surface area contributed by atoms with E-state index in [1.807, 2.05) is 31.2 Å². The molecule has 2 aromatic carbocycles. The molecule has 2 heterocycles. The minimum Gasteiger partial charge on any atom is -0.497 e. The Labute approximate surface area is 187 Å². The number of rotatable bonds is 7. The molecule has 0 saturated heterocycles. The maximum atomic E-state index is 12.6. The number of hydrogen-bond acceptors (Lipinski definition) is 7. The monoisotopic (exact) mass is 451 g/mol. The van der Waals surface area contributed by atoms with Crippen LogP contribution in [0.4, 0.5) is 5.69 Å². The van der Waals surface area contributed by atoms with Gasteiger partial charge in [0.05, 0.1) is 20.0 Å². The molecule has 0 atom stereocenters. The quantitative estimate of drug-likeness (QED) is 0.415. The third-order valence-electron chi connectivity index (χ3n) is 4.68. The lowest BCUT2D eigenvalue weighted by molar-refractivity contribution is -0.113. The molecule has 0 fully saturated rings. The molecule has 4 rings (SSSR count). The van der Waals surface area contributed by atoms with Crippen LogP contribution in [0.25, 0.3) is 17.0 Å². The Morgan fingerprint density at radius 2 is 1.81 bits per heavy atom. The van der Waals surface area contributed by atoms with Crippen molar-refractivity contribution < 1.29 is 14.3 Å². The molecule has 0 bridgehead atoms. The van der Waals surface area contributed by atoms with Gasteiger partial charge in [0.1, 0.15) is 11.5 Å². The minimum atomic E-state index is -0.295. The van der Waals surface area contributed by atoms with Crippen molar-refractivity contribution in [1.29, 1.82) is 0 Å². The van der Waals surface area contributed by atoms with Crippen molar-refractivity contribution in [2.24, 2.45) is 0 Å². The average Bonchev–Trinajstić information content (AvgIpc) is 3.17. The number of aromatic amines is 1. The van der Waals surface area contributed by atoms with Crippen molar-refractivity contribution in [3.05, 3.63) is 64.4 Å². The summed E-state index contributed by atoms with van der Waals surface area (Å²) in [6, 6.07) is 14.3. The van der Waals surface area contributed by atoms with Gasteiger partial charge < -0.3 is 14.8 Å². The van der Waals surface area contributed by atoms with Crippen molar-refractivity contribution in [3.8, 4) is 22.9 Å². The number of thioether (sulfide) groups is 1. The highest BCUT2D eigenvalue weighted by atomic mass is 32.2. The van der Waals surface area contributed by atoms with Crippen molar-refractivity contribution in [3.63, 3.8) is 0 Å². The normalized spacial score (nSPS) is 10.8. The van der Waals surface area contributed by atoms with E-state index >= 15 is 0 Å². The Balaban J connectivity index is 1.58. The van der Waals surface area contributed by atoms with Crippen LogP contribution < -0.4 is 20.3 Å². The summed E-state index contributed by atoms with van der Waals surface area (Å²) < 4.78 is 11.9. The second-order valence-corrected chi connectivity index (χ2v) is 7.84. The zero-order valence-electron chi connectivity index (χ0n) is 17.7. The Morgan fingerprint density at radius 3 is 2.50 bits per heavy atom. The molecule has 0 aliphatic carbocycles. The summed E-state index contributed by atoms with van der Waals surface area (Å²) in [6.45, 7) is 1.97. The topological polar surface area (TPSA) is 111 Å². The van der Waals surface area contributed by atoms with E-state index in [2.05, 4.69) is 20.4 Å². The summed E-state index contributed by atoms with van der Waals surface area (Å²) in [5.74, 6) is 1.45. The predicted molar refractivity (Wildman–Crippen MR) is 123 cm³/mol. The number of nitrogens with zero attached hydrogens (tertiary/aromatic N) is 3. The van der Waals surface area contributed by atoms with Gasteiger partial charge in [-0.15, -0.1) is 0 Å². The molecule has 10 heteroatoms. The molecule has 0 unspecified atom stereocenters. The van der Waals surface area contributed by atoms with E-state index in [1.54, 1.807) is 32.4 Å². The van der Waals surface area contributed by atoms with E-state index in [4.69, 9.17) is 9.47 Å². The van der Waals surface area contributed by atoms with Gasteiger partial charge in [0.15, 0.2) is 16.6 Å². The molecule has 2 aromatic heterocycles. The van der Waals surface area contributed by atoms with E-state index in [0.29, 0.717) is 33.8 Å². The van der Waals surface area contributed by atoms with Crippen LogP contribution in [0.1, 0.15) is 5.56 Å². The van der Waals surface area contributed by atoms with Crippen LogP contribution in [0.5, 0.6) is 11.5 Å². The second-order valence-electron chi connectivity index (χ2n) is 6.90. The standard InChI is InChI=1S/C22H21N5O4S/c1-13-6-4-5-7-17(13)21-24-18-11-19(28)26-27(18)22(25-21)32-12-20(29)23-14-8-15(30-2)10-16(9-14)31-3/h4-11H,12H2,1-3H3,(H,23,29)(H,26,28). The zero-order valence-corrected chi connectivity index (χ0v) is 18.5. The number of H-pyrrole nitrogens is 1. The van der Waals surface area contributed by atoms with Gasteiger partial charge in [0, 0.05) is 35.5 Å². The van der Waals surface area contributed by atoms with Gasteiger partial charge in [-0.3, -0.25) is 14.7 Å². The maximum absolute atomic E-state index is 12.6. The molecule has 0 aliphatic heterocycles. The highest BCUT2D eigenvalue weighted by molar-refractivity contribution is 7.99. The van der Waals surface area contributed by atoms with E-state index < -0.39 is 0 Å². The predicted octanol–water partition coefficient (Wildman–Crippen LogP) is 3.14. The van der Waals surface area contributed by atoms with Gasteiger partial charge in [-0.1, -0.05) is 36.0 Å². The fourth-order valence-electron chi connectivity index (χ4n) is 3.13. The molecule has 4 aromatic rings. The summed E-state index contributed by atoms with van der Waals surface area (Å²) in [4.78, 5) is 33.6. The van der Waals surface area contributed by atoms with E-state index in [0.717, 1.165) is 11.1 Å². The van der Waals surface area contributed by atoms with Gasteiger partial charge in [-0.25, -0.2) is 14.5 Å². The first kappa shape index (κ1) is 21.4. The van der Waals surface area contributed by atoms with Crippen LogP contribution in [0.2, 0.25) is 0 Å². The Bertz CT molecular complexity index is 1330. The van der Waals surface area contributed by atoms with Crippen molar-refractivity contribution in [2.45, 2.75) is 12.1 Å². The summed E-state index contributed by atoms with van der Waals surface area (Å²) >= 11 is 1.19. The minimum absolute atomic E-state index is 0.0685. The van der Waals surface area contributed by atoms with E-state index in [9.17, 15) is 9.59 Å². The number of fused-ring (bicyclic) bond motifs is 1. The van der Waals surface area contributed by atoms with Crippen LogP contribution in [0, 0.1) is 6.92 Å². The number of aryl methyl sites for hydroxylation is 1. The number of carbonyl (C=O) groups is 1. The van der Waals surface area contributed by atoms with Crippen LogP contribution in [-0.4, -0.2) is 45.5 Å². The maximum Gasteiger partial charge on any atom is 0.266 e. The van der Waals surface area contributed by atoms with Crippen LogP contribution >= 0.6 is 11.8 Å². The van der Waals surface area contributed by atoms with Gasteiger partial charge in [-0.05, 0) is 12.5 Å². The second kappa shape index (κ2) is 9.15. The molecular formula is C22H21N5O4S. The highest BCUT2D eigenvalue weighted by Crippen LogP contribution is 2.27. The molecular weight excluding hydrogens is 430 g/mol. The van der Waals surface area contributed by atoms with E-state index in [1.165, 1.54) is 22.3 Å². The molecule has 0 spiro atoms. The number of anilines is 1. The third-order valence-corrected chi connectivity index (χ3v) is 5.62. The summed E-state index contributed by atoms with van der Waals surface area (Å²) in [5, 5.41) is 5.95. The van der Waals surface area contributed by atoms with Gasteiger partial charge in [0.2, 0.25) is 5.91 Å². The van der Waals surface area contributed by atoms with Crippen molar-refractivity contribution >= 4 is 29.0 Å². The lowest BCUT2D eigenvalue weighted by Gasteiger charge is -2.11. The summed E-state index contributed by atoms with van der Waals surface area (Å²) in [7, 11) is 3.08. The number of benzene rings is 2. The molecule has 0 saturated carbocycles. The lowest BCUT2D eigenvalue weighted by Crippen LogP contribution is -2.15. The average molecular weight is 452 g/mol. The van der Waals surface area contributed by atoms with Crippen LogP contribution in [-0.2, 0) is 4.79 Å². The SMILES string of the molecule is COc1cc(NC(=O)CSc2nc(-c3ccccc3C)nc3cc(=O)[nH]n23)cc(OC)c1. The first-order valence-electron chi connectivity index (χ1n) is 9.68. The highest BCUT2D eigenvalue weighted by Gasteiger charge is 2.15. The molecule has 2 N–H and O–H groups in total. The lowest BCUT2D eigenvalue weighted by atomic mass is 10.1. The molecule has 1 amide bonds. The Kier molecular flexibility index (Phi) is 6.13. The number of aromatic nitrogens is 4. The first-order valence-corrected chi connectivity index (χ1v) is 10.7. The number of ether oxygens (including phenoxy) is 2. The smallest absolute Gasteiger partial charge is 0.266 e. The molecule has 0 radical (unpaired) electrons. The van der Waals surface area contributed by atoms with Crippen LogP contribution in [0.15, 0.2) is 58.5 Å². The number of amides is 1.